The minimum atomic E-state index is -3.37. The third-order valence-electron chi connectivity index (χ3n) is 4.14. The van der Waals surface area contributed by atoms with Crippen LogP contribution in [0.2, 0.25) is 0 Å². The maximum atomic E-state index is 12.7. The molecule has 1 unspecified atom stereocenters. The molecule has 0 bridgehead atoms. The molecule has 0 fully saturated rings. The summed E-state index contributed by atoms with van der Waals surface area (Å²) >= 11 is 0. The molecule has 0 spiro atoms. The Morgan fingerprint density at radius 3 is 2.03 bits per heavy atom. The second kappa shape index (κ2) is 10.0. The average Bonchev–Trinajstić information content (AvgIpc) is 2.69. The Hall–Kier alpha value is -3.20. The zero-order chi connectivity index (χ0) is 22.3. The van der Waals surface area contributed by atoms with Crippen molar-refractivity contribution in [2.45, 2.75) is 31.2 Å². The van der Waals surface area contributed by atoms with Crippen molar-refractivity contribution in [3.05, 3.63) is 65.7 Å². The fourth-order valence-electron chi connectivity index (χ4n) is 2.65. The maximum Gasteiger partial charge on any atom is 0.269 e. The summed E-state index contributed by atoms with van der Waals surface area (Å²) < 4.78 is 23.0. The van der Waals surface area contributed by atoms with E-state index in [0.29, 0.717) is 5.56 Å². The maximum absolute atomic E-state index is 12.7. The normalized spacial score (nSPS) is 12.1. The van der Waals surface area contributed by atoms with Gasteiger partial charge in [0, 0.05) is 18.2 Å². The summed E-state index contributed by atoms with van der Waals surface area (Å²) in [6.45, 7) is 3.79. The van der Waals surface area contributed by atoms with Crippen molar-refractivity contribution in [1.82, 2.24) is 16.2 Å². The number of rotatable bonds is 7. The van der Waals surface area contributed by atoms with Crippen molar-refractivity contribution in [3.63, 3.8) is 0 Å². The van der Waals surface area contributed by atoms with Crippen molar-refractivity contribution < 1.29 is 22.8 Å². The number of benzene rings is 2. The number of hydrogen-bond acceptors (Lipinski definition) is 5. The third kappa shape index (κ3) is 6.70. The van der Waals surface area contributed by atoms with Gasteiger partial charge in [0.25, 0.3) is 11.8 Å². The summed E-state index contributed by atoms with van der Waals surface area (Å²) in [5, 5.41) is 2.68. The predicted molar refractivity (Wildman–Crippen MR) is 112 cm³/mol. The molecular weight excluding hydrogens is 406 g/mol. The van der Waals surface area contributed by atoms with E-state index in [4.69, 9.17) is 0 Å². The lowest BCUT2D eigenvalue weighted by Gasteiger charge is -2.19. The standard InChI is InChI=1S/C21H25N3O5S/c1-14(2)13-18(25)22-19(15-7-5-4-6-8-15)21(27)24-23-20(26)16-9-11-17(12-10-16)30(3,28)29/h4-12,14,19H,13H2,1-3H3,(H,22,25)(H,23,26)(H,24,27). The summed E-state index contributed by atoms with van der Waals surface area (Å²) in [6.07, 6.45) is 1.33. The monoisotopic (exact) mass is 431 g/mol. The van der Waals surface area contributed by atoms with E-state index < -0.39 is 27.7 Å². The topological polar surface area (TPSA) is 121 Å². The van der Waals surface area contributed by atoms with Gasteiger partial charge in [-0.25, -0.2) is 8.42 Å². The van der Waals surface area contributed by atoms with Crippen LogP contribution in [0.5, 0.6) is 0 Å². The molecule has 0 heterocycles. The molecule has 2 aromatic carbocycles. The number of sulfone groups is 1. The van der Waals surface area contributed by atoms with Gasteiger partial charge in [0.2, 0.25) is 5.91 Å². The zero-order valence-corrected chi connectivity index (χ0v) is 17.8. The SMILES string of the molecule is CC(C)CC(=O)NC(C(=O)NNC(=O)c1ccc(S(C)(=O)=O)cc1)c1ccccc1. The van der Waals surface area contributed by atoms with E-state index in [9.17, 15) is 22.8 Å². The molecule has 0 saturated carbocycles. The Bertz CT molecular complexity index is 1000. The third-order valence-corrected chi connectivity index (χ3v) is 5.27. The van der Waals surface area contributed by atoms with Gasteiger partial charge >= 0.3 is 0 Å². The van der Waals surface area contributed by atoms with Gasteiger partial charge in [-0.05, 0) is 35.7 Å². The van der Waals surface area contributed by atoms with Crippen molar-refractivity contribution in [3.8, 4) is 0 Å². The van der Waals surface area contributed by atoms with Gasteiger partial charge in [-0.3, -0.25) is 25.2 Å². The van der Waals surface area contributed by atoms with Crippen LogP contribution in [0.4, 0.5) is 0 Å². The van der Waals surface area contributed by atoms with Gasteiger partial charge in [-0.15, -0.1) is 0 Å². The van der Waals surface area contributed by atoms with E-state index in [-0.39, 0.29) is 28.7 Å². The van der Waals surface area contributed by atoms with Crippen LogP contribution >= 0.6 is 0 Å². The molecule has 3 amide bonds. The number of hydrazine groups is 1. The summed E-state index contributed by atoms with van der Waals surface area (Å²) in [6, 6.07) is 13.0. The van der Waals surface area contributed by atoms with Gasteiger partial charge in [-0.1, -0.05) is 44.2 Å². The summed E-state index contributed by atoms with van der Waals surface area (Å²) in [5.74, 6) is -1.39. The lowest BCUT2D eigenvalue weighted by Crippen LogP contribution is -2.48. The van der Waals surface area contributed by atoms with E-state index in [1.165, 1.54) is 24.3 Å². The molecule has 30 heavy (non-hydrogen) atoms. The van der Waals surface area contributed by atoms with Crippen molar-refractivity contribution in [2.75, 3.05) is 6.26 Å². The van der Waals surface area contributed by atoms with Gasteiger partial charge in [0.15, 0.2) is 9.84 Å². The van der Waals surface area contributed by atoms with Crippen LogP contribution in [0.1, 0.15) is 42.2 Å². The van der Waals surface area contributed by atoms with Gasteiger partial charge in [0.05, 0.1) is 4.90 Å². The van der Waals surface area contributed by atoms with Crippen LogP contribution in [-0.2, 0) is 19.4 Å². The van der Waals surface area contributed by atoms with Crippen LogP contribution in [-0.4, -0.2) is 32.4 Å². The number of nitrogens with one attached hydrogen (secondary N) is 3. The zero-order valence-electron chi connectivity index (χ0n) is 17.0. The van der Waals surface area contributed by atoms with Crippen molar-refractivity contribution >= 4 is 27.6 Å². The minimum absolute atomic E-state index is 0.0834. The van der Waals surface area contributed by atoms with Gasteiger partial charge in [-0.2, -0.15) is 0 Å². The molecule has 3 N–H and O–H groups in total. The first-order valence-electron chi connectivity index (χ1n) is 9.32. The van der Waals surface area contributed by atoms with Crippen LogP contribution in [0.3, 0.4) is 0 Å². The number of hydrogen-bond donors (Lipinski definition) is 3. The second-order valence-corrected chi connectivity index (χ2v) is 9.26. The fraction of sp³-hybridized carbons (Fsp3) is 0.286. The Kier molecular flexibility index (Phi) is 7.71. The first-order chi connectivity index (χ1) is 14.1. The summed E-state index contributed by atoms with van der Waals surface area (Å²) in [4.78, 5) is 37.2. The van der Waals surface area contributed by atoms with E-state index in [1.807, 2.05) is 13.8 Å². The first-order valence-corrected chi connectivity index (χ1v) is 11.2. The van der Waals surface area contributed by atoms with E-state index in [2.05, 4.69) is 16.2 Å². The number of amides is 3. The minimum Gasteiger partial charge on any atom is -0.340 e. The van der Waals surface area contributed by atoms with Gasteiger partial charge < -0.3 is 5.32 Å². The number of carbonyl (C=O) groups excluding carboxylic acids is 3. The quantitative estimate of drug-likeness (QED) is 0.577. The smallest absolute Gasteiger partial charge is 0.269 e. The molecule has 1 atom stereocenters. The molecule has 2 aromatic rings. The largest absolute Gasteiger partial charge is 0.340 e. The molecule has 0 saturated heterocycles. The lowest BCUT2D eigenvalue weighted by molar-refractivity contribution is -0.130. The fourth-order valence-corrected chi connectivity index (χ4v) is 3.28. The first kappa shape index (κ1) is 23.1. The highest BCUT2D eigenvalue weighted by atomic mass is 32.2. The van der Waals surface area contributed by atoms with Crippen LogP contribution < -0.4 is 16.2 Å². The predicted octanol–water partition coefficient (Wildman–Crippen LogP) is 1.75. The Morgan fingerprint density at radius 2 is 1.50 bits per heavy atom. The van der Waals surface area contributed by atoms with Crippen LogP contribution in [0.15, 0.2) is 59.5 Å². The Balaban J connectivity index is 2.07. The highest BCUT2D eigenvalue weighted by Crippen LogP contribution is 2.14. The van der Waals surface area contributed by atoms with Crippen LogP contribution in [0, 0.1) is 5.92 Å². The molecule has 0 aliphatic heterocycles. The Morgan fingerprint density at radius 1 is 0.900 bits per heavy atom. The molecular formula is C21H25N3O5S. The van der Waals surface area contributed by atoms with Gasteiger partial charge in [0.1, 0.15) is 6.04 Å². The van der Waals surface area contributed by atoms with Crippen molar-refractivity contribution in [2.24, 2.45) is 5.92 Å². The lowest BCUT2D eigenvalue weighted by atomic mass is 10.0. The highest BCUT2D eigenvalue weighted by molar-refractivity contribution is 7.90. The van der Waals surface area contributed by atoms with E-state index in [1.54, 1.807) is 30.3 Å². The van der Waals surface area contributed by atoms with Crippen molar-refractivity contribution in [1.29, 1.82) is 0 Å². The summed E-state index contributed by atoms with van der Waals surface area (Å²) in [7, 11) is -3.37. The molecule has 0 aliphatic carbocycles. The second-order valence-electron chi connectivity index (χ2n) is 7.25. The molecule has 8 nitrogen and oxygen atoms in total. The molecule has 160 valence electrons. The molecule has 2 rings (SSSR count). The highest BCUT2D eigenvalue weighted by Gasteiger charge is 2.23. The molecule has 0 aliphatic rings. The average molecular weight is 432 g/mol. The van der Waals surface area contributed by atoms with E-state index >= 15 is 0 Å². The molecule has 0 aromatic heterocycles. The molecule has 9 heteroatoms. The summed E-state index contributed by atoms with van der Waals surface area (Å²) in [5.41, 5.74) is 5.33. The van der Waals surface area contributed by atoms with Crippen LogP contribution in [0.25, 0.3) is 0 Å². The van der Waals surface area contributed by atoms with E-state index in [0.717, 1.165) is 6.26 Å². The number of carbonyl (C=O) groups is 3. The molecule has 0 radical (unpaired) electrons. The Labute approximate surface area is 176 Å².